The summed E-state index contributed by atoms with van der Waals surface area (Å²) in [6, 6.07) is 4.04. The number of aryl methyl sites for hydroxylation is 1. The van der Waals surface area contributed by atoms with Crippen molar-refractivity contribution in [3.8, 4) is 0 Å². The van der Waals surface area contributed by atoms with Gasteiger partial charge in [-0.15, -0.1) is 0 Å². The third-order valence-electron chi connectivity index (χ3n) is 5.27. The lowest BCUT2D eigenvalue weighted by molar-refractivity contribution is -0.142. The van der Waals surface area contributed by atoms with Crippen LogP contribution in [-0.2, 0) is 20.8 Å². The van der Waals surface area contributed by atoms with Gasteiger partial charge in [-0.3, -0.25) is 9.78 Å². The van der Waals surface area contributed by atoms with E-state index in [1.165, 1.54) is 5.56 Å². The Balaban J connectivity index is 1.61. The number of carbonyl (C=O) groups excluding carboxylic acids is 1. The molecule has 6 heteroatoms. The molecule has 0 saturated carbocycles. The average Bonchev–Trinajstić information content (AvgIpc) is 2.67. The molecule has 0 bridgehead atoms. The first kappa shape index (κ1) is 18.3. The van der Waals surface area contributed by atoms with Crippen molar-refractivity contribution in [3.63, 3.8) is 0 Å². The molecule has 2 aliphatic rings. The lowest BCUT2D eigenvalue weighted by Gasteiger charge is -2.35. The number of nitrogens with zero attached hydrogens (tertiary/aromatic N) is 2. The quantitative estimate of drug-likeness (QED) is 0.842. The van der Waals surface area contributed by atoms with Gasteiger partial charge in [-0.05, 0) is 37.3 Å². The lowest BCUT2D eigenvalue weighted by Crippen LogP contribution is -2.48. The first-order valence-corrected chi connectivity index (χ1v) is 9.31. The Kier molecular flexibility index (Phi) is 6.78. The van der Waals surface area contributed by atoms with Gasteiger partial charge >= 0.3 is 0 Å². The van der Waals surface area contributed by atoms with Gasteiger partial charge in [-0.25, -0.2) is 0 Å². The number of ether oxygens (including phenoxy) is 2. The van der Waals surface area contributed by atoms with Gasteiger partial charge in [-0.1, -0.05) is 6.07 Å². The summed E-state index contributed by atoms with van der Waals surface area (Å²) in [5, 5.41) is 3.50. The molecule has 138 valence electrons. The summed E-state index contributed by atoms with van der Waals surface area (Å²) in [6.45, 7) is 7.71. The number of pyridine rings is 1. The molecular weight excluding hydrogens is 318 g/mol. The smallest absolute Gasteiger partial charge is 0.227 e. The maximum Gasteiger partial charge on any atom is 0.227 e. The summed E-state index contributed by atoms with van der Waals surface area (Å²) in [5.41, 5.74) is 2.23. The van der Waals surface area contributed by atoms with Gasteiger partial charge < -0.3 is 19.7 Å². The maximum absolute atomic E-state index is 13.1. The van der Waals surface area contributed by atoms with Crippen LogP contribution in [0.25, 0.3) is 0 Å². The van der Waals surface area contributed by atoms with Crippen LogP contribution in [0, 0.1) is 18.8 Å². The van der Waals surface area contributed by atoms with E-state index < -0.39 is 0 Å². The third-order valence-corrected chi connectivity index (χ3v) is 5.27. The second-order valence-corrected chi connectivity index (χ2v) is 6.87. The Morgan fingerprint density at radius 3 is 2.72 bits per heavy atom. The third kappa shape index (κ3) is 5.00. The van der Waals surface area contributed by atoms with Crippen molar-refractivity contribution < 1.29 is 14.3 Å². The van der Waals surface area contributed by atoms with E-state index in [-0.39, 0.29) is 11.8 Å². The molecule has 6 nitrogen and oxygen atoms in total. The normalized spacial score (nSPS) is 20.4. The molecule has 0 spiro atoms. The van der Waals surface area contributed by atoms with Crippen LogP contribution >= 0.6 is 0 Å². The van der Waals surface area contributed by atoms with E-state index in [0.717, 1.165) is 38.3 Å². The highest BCUT2D eigenvalue weighted by molar-refractivity contribution is 5.79. The fourth-order valence-electron chi connectivity index (χ4n) is 3.66. The number of aromatic nitrogens is 1. The van der Waals surface area contributed by atoms with Crippen molar-refractivity contribution in [3.05, 3.63) is 29.6 Å². The van der Waals surface area contributed by atoms with Crippen molar-refractivity contribution in [2.24, 2.45) is 11.8 Å². The van der Waals surface area contributed by atoms with Crippen LogP contribution in [-0.4, -0.2) is 61.9 Å². The van der Waals surface area contributed by atoms with Crippen molar-refractivity contribution >= 4 is 5.91 Å². The molecule has 2 aliphatic heterocycles. The lowest BCUT2D eigenvalue weighted by atomic mass is 9.84. The fourth-order valence-corrected chi connectivity index (χ4v) is 3.66. The van der Waals surface area contributed by atoms with Gasteiger partial charge in [0.1, 0.15) is 0 Å². The van der Waals surface area contributed by atoms with Gasteiger partial charge in [0.25, 0.3) is 0 Å². The molecule has 3 heterocycles. The summed E-state index contributed by atoms with van der Waals surface area (Å²) in [5.74, 6) is 0.677. The summed E-state index contributed by atoms with van der Waals surface area (Å²) >= 11 is 0. The van der Waals surface area contributed by atoms with Gasteiger partial charge in [0, 0.05) is 51.3 Å². The summed E-state index contributed by atoms with van der Waals surface area (Å²) in [7, 11) is 0. The van der Waals surface area contributed by atoms with Crippen molar-refractivity contribution in [1.29, 1.82) is 0 Å². The number of morpholine rings is 1. The van der Waals surface area contributed by atoms with E-state index in [1.807, 2.05) is 24.1 Å². The molecule has 0 radical (unpaired) electrons. The minimum atomic E-state index is 0.0129. The van der Waals surface area contributed by atoms with Crippen LogP contribution < -0.4 is 5.32 Å². The van der Waals surface area contributed by atoms with Crippen LogP contribution in [0.15, 0.2) is 18.3 Å². The summed E-state index contributed by atoms with van der Waals surface area (Å²) in [4.78, 5) is 19.4. The molecule has 1 atom stereocenters. The standard InChI is InChI=1S/C19H29N3O3/c1-15-17(3-2-6-21-15)13-20-14-18(16-4-9-24-10-5-16)19(23)22-7-11-25-12-8-22/h2-3,6,16,18,20H,4-5,7-14H2,1H3. The van der Waals surface area contributed by atoms with E-state index in [9.17, 15) is 4.79 Å². The molecule has 1 aromatic rings. The zero-order valence-electron chi connectivity index (χ0n) is 15.1. The monoisotopic (exact) mass is 347 g/mol. The Labute approximate surface area is 149 Å². The Hall–Kier alpha value is -1.50. The van der Waals surface area contributed by atoms with E-state index in [0.29, 0.717) is 38.8 Å². The Morgan fingerprint density at radius 2 is 2.00 bits per heavy atom. The SMILES string of the molecule is Cc1ncccc1CNCC(C(=O)N1CCOCC1)C1CCOCC1. The average molecular weight is 347 g/mol. The predicted molar refractivity (Wildman–Crippen MR) is 95.1 cm³/mol. The first-order valence-electron chi connectivity index (χ1n) is 9.31. The van der Waals surface area contributed by atoms with Crippen LogP contribution in [0.4, 0.5) is 0 Å². The van der Waals surface area contributed by atoms with Crippen molar-refractivity contribution in [2.75, 3.05) is 46.1 Å². The van der Waals surface area contributed by atoms with E-state index >= 15 is 0 Å². The van der Waals surface area contributed by atoms with Crippen molar-refractivity contribution in [2.45, 2.75) is 26.3 Å². The molecule has 3 rings (SSSR count). The molecule has 1 unspecified atom stereocenters. The number of hydrogen-bond acceptors (Lipinski definition) is 5. The number of rotatable bonds is 6. The minimum Gasteiger partial charge on any atom is -0.381 e. The van der Waals surface area contributed by atoms with Gasteiger partial charge in [0.15, 0.2) is 0 Å². The predicted octanol–water partition coefficient (Wildman–Crippen LogP) is 1.38. The number of nitrogens with one attached hydrogen (secondary N) is 1. The highest BCUT2D eigenvalue weighted by Gasteiger charge is 2.33. The second kappa shape index (κ2) is 9.27. The van der Waals surface area contributed by atoms with Crippen LogP contribution in [0.5, 0.6) is 0 Å². The van der Waals surface area contributed by atoms with Gasteiger partial charge in [-0.2, -0.15) is 0 Å². The fraction of sp³-hybridized carbons (Fsp3) is 0.684. The summed E-state index contributed by atoms with van der Waals surface area (Å²) in [6.07, 6.45) is 3.74. The molecule has 1 aromatic heterocycles. The Bertz CT molecular complexity index is 555. The van der Waals surface area contributed by atoms with Gasteiger partial charge in [0.2, 0.25) is 5.91 Å². The summed E-state index contributed by atoms with van der Waals surface area (Å²) < 4.78 is 10.9. The number of hydrogen-bond donors (Lipinski definition) is 1. The second-order valence-electron chi connectivity index (χ2n) is 6.87. The molecule has 1 amide bonds. The number of amides is 1. The van der Waals surface area contributed by atoms with E-state index in [2.05, 4.69) is 16.4 Å². The minimum absolute atomic E-state index is 0.0129. The maximum atomic E-state index is 13.1. The van der Waals surface area contributed by atoms with Crippen LogP contribution in [0.1, 0.15) is 24.1 Å². The molecular formula is C19H29N3O3. The highest BCUT2D eigenvalue weighted by Crippen LogP contribution is 2.26. The van der Waals surface area contributed by atoms with Crippen molar-refractivity contribution in [1.82, 2.24) is 15.2 Å². The van der Waals surface area contributed by atoms with Gasteiger partial charge in [0.05, 0.1) is 19.1 Å². The zero-order valence-corrected chi connectivity index (χ0v) is 15.1. The topological polar surface area (TPSA) is 63.7 Å². The van der Waals surface area contributed by atoms with E-state index in [4.69, 9.17) is 9.47 Å². The molecule has 0 aliphatic carbocycles. The molecule has 2 fully saturated rings. The largest absolute Gasteiger partial charge is 0.381 e. The highest BCUT2D eigenvalue weighted by atomic mass is 16.5. The Morgan fingerprint density at radius 1 is 1.28 bits per heavy atom. The van der Waals surface area contributed by atoms with Crippen LogP contribution in [0.3, 0.4) is 0 Å². The van der Waals surface area contributed by atoms with Crippen LogP contribution in [0.2, 0.25) is 0 Å². The molecule has 1 N–H and O–H groups in total. The number of carbonyl (C=O) groups is 1. The van der Waals surface area contributed by atoms with E-state index in [1.54, 1.807) is 0 Å². The first-order chi connectivity index (χ1) is 12.3. The molecule has 25 heavy (non-hydrogen) atoms. The molecule has 0 aromatic carbocycles. The molecule has 2 saturated heterocycles. The zero-order chi connectivity index (χ0) is 17.5.